The number of ketones is 1. The van der Waals surface area contributed by atoms with Crippen molar-refractivity contribution in [1.82, 2.24) is 0 Å². The lowest BCUT2D eigenvalue weighted by Gasteiger charge is -2.27. The number of benzene rings is 2. The SMILES string of the molecule is C=C1/C(=C\C=C(/C)Cc2ccc(C3CCC(C)CC3)cc2)C=CC(=O)C1[C@H](C)c1ccccc1. The van der Waals surface area contributed by atoms with Crippen LogP contribution in [0.15, 0.2) is 102 Å². The van der Waals surface area contributed by atoms with Crippen molar-refractivity contribution in [1.29, 1.82) is 0 Å². The molecule has 0 spiro atoms. The first-order valence-corrected chi connectivity index (χ1v) is 12.8. The van der Waals surface area contributed by atoms with Gasteiger partial charge in [0.05, 0.1) is 5.92 Å². The minimum atomic E-state index is -0.206. The second-order valence-corrected chi connectivity index (χ2v) is 10.4. The number of rotatable bonds is 6. The summed E-state index contributed by atoms with van der Waals surface area (Å²) in [4.78, 5) is 12.7. The zero-order valence-corrected chi connectivity index (χ0v) is 21.0. The quantitative estimate of drug-likeness (QED) is 0.431. The van der Waals surface area contributed by atoms with Crippen molar-refractivity contribution in [3.05, 3.63) is 119 Å². The van der Waals surface area contributed by atoms with Gasteiger partial charge < -0.3 is 0 Å². The van der Waals surface area contributed by atoms with Crippen LogP contribution >= 0.6 is 0 Å². The highest BCUT2D eigenvalue weighted by molar-refractivity contribution is 5.98. The summed E-state index contributed by atoms with van der Waals surface area (Å²) in [6, 6.07) is 19.5. The lowest BCUT2D eigenvalue weighted by atomic mass is 9.75. The fourth-order valence-corrected chi connectivity index (χ4v) is 5.51. The first-order chi connectivity index (χ1) is 16.4. The van der Waals surface area contributed by atoms with Gasteiger partial charge in [0.1, 0.15) is 0 Å². The highest BCUT2D eigenvalue weighted by Crippen LogP contribution is 2.37. The van der Waals surface area contributed by atoms with E-state index < -0.39 is 0 Å². The fourth-order valence-electron chi connectivity index (χ4n) is 5.51. The highest BCUT2D eigenvalue weighted by Gasteiger charge is 2.30. The van der Waals surface area contributed by atoms with Gasteiger partial charge in [-0.05, 0) is 77.9 Å². The van der Waals surface area contributed by atoms with Crippen LogP contribution in [0.5, 0.6) is 0 Å². The van der Waals surface area contributed by atoms with Crippen LogP contribution in [0.1, 0.15) is 75.0 Å². The van der Waals surface area contributed by atoms with Crippen LogP contribution < -0.4 is 0 Å². The third-order valence-corrected chi connectivity index (χ3v) is 7.80. The van der Waals surface area contributed by atoms with Gasteiger partial charge in [0.25, 0.3) is 0 Å². The normalized spacial score (nSPS) is 25.6. The van der Waals surface area contributed by atoms with Gasteiger partial charge in [-0.3, -0.25) is 4.79 Å². The van der Waals surface area contributed by atoms with E-state index in [0.29, 0.717) is 0 Å². The Morgan fingerprint density at radius 1 is 1.00 bits per heavy atom. The fraction of sp³-hybridized carbons (Fsp3) is 0.364. The number of carbonyl (C=O) groups is 1. The molecule has 0 aliphatic heterocycles. The van der Waals surface area contributed by atoms with Gasteiger partial charge in [-0.1, -0.05) is 112 Å². The predicted octanol–water partition coefficient (Wildman–Crippen LogP) is 8.51. The second kappa shape index (κ2) is 11.0. The summed E-state index contributed by atoms with van der Waals surface area (Å²) < 4.78 is 0. The molecule has 34 heavy (non-hydrogen) atoms. The Hall–Kier alpha value is -2.93. The van der Waals surface area contributed by atoms with Gasteiger partial charge in [-0.25, -0.2) is 0 Å². The maximum Gasteiger partial charge on any atom is 0.163 e. The molecular weight excluding hydrogens is 412 g/mol. The van der Waals surface area contributed by atoms with E-state index >= 15 is 0 Å². The average molecular weight is 451 g/mol. The van der Waals surface area contributed by atoms with E-state index in [9.17, 15) is 4.79 Å². The molecule has 1 unspecified atom stereocenters. The van der Waals surface area contributed by atoms with Crippen LogP contribution in [0.4, 0.5) is 0 Å². The van der Waals surface area contributed by atoms with Crippen LogP contribution in [0.25, 0.3) is 0 Å². The molecule has 4 rings (SSSR count). The molecular formula is C33H38O. The molecule has 2 aliphatic rings. The van der Waals surface area contributed by atoms with Crippen molar-refractivity contribution >= 4 is 5.78 Å². The molecule has 0 amide bonds. The third kappa shape index (κ3) is 5.76. The molecule has 0 radical (unpaired) electrons. The molecule has 1 saturated carbocycles. The van der Waals surface area contributed by atoms with Gasteiger partial charge in [-0.15, -0.1) is 0 Å². The lowest BCUT2D eigenvalue weighted by molar-refractivity contribution is -0.117. The summed E-state index contributed by atoms with van der Waals surface area (Å²) in [6.45, 7) is 11.0. The van der Waals surface area contributed by atoms with Crippen molar-refractivity contribution in [3.63, 3.8) is 0 Å². The summed E-state index contributed by atoms with van der Waals surface area (Å²) in [6.07, 6.45) is 14.3. The number of carbonyl (C=O) groups excluding carboxylic acids is 1. The van der Waals surface area contributed by atoms with Crippen molar-refractivity contribution in [2.75, 3.05) is 0 Å². The van der Waals surface area contributed by atoms with Crippen LogP contribution in [-0.2, 0) is 11.2 Å². The van der Waals surface area contributed by atoms with Gasteiger partial charge in [-0.2, -0.15) is 0 Å². The number of hydrogen-bond acceptors (Lipinski definition) is 1. The monoisotopic (exact) mass is 450 g/mol. The standard InChI is InChI=1S/C33H38O/c1-23-10-16-30(17-11-23)31-18-13-27(14-19-31)22-24(2)12-15-29-20-21-32(34)33(26(29)4)25(3)28-8-6-5-7-9-28/h5-9,12-15,18-21,23,25,30,33H,4,10-11,16-17,22H2,1-3H3/b24-12+,29-15-/t23?,25-,30?,33?/m1/s1. The third-order valence-electron chi connectivity index (χ3n) is 7.80. The minimum absolute atomic E-state index is 0.102. The summed E-state index contributed by atoms with van der Waals surface area (Å²) in [5, 5.41) is 0. The Morgan fingerprint density at radius 3 is 2.35 bits per heavy atom. The van der Waals surface area contributed by atoms with E-state index in [1.807, 2.05) is 24.3 Å². The largest absolute Gasteiger partial charge is 0.294 e. The van der Waals surface area contributed by atoms with Crippen LogP contribution in [-0.4, -0.2) is 5.78 Å². The second-order valence-electron chi connectivity index (χ2n) is 10.4. The van der Waals surface area contributed by atoms with Gasteiger partial charge in [0, 0.05) is 0 Å². The molecule has 0 saturated heterocycles. The zero-order chi connectivity index (χ0) is 24.1. The van der Waals surface area contributed by atoms with E-state index in [4.69, 9.17) is 0 Å². The van der Waals surface area contributed by atoms with Gasteiger partial charge in [0.2, 0.25) is 0 Å². The van der Waals surface area contributed by atoms with Crippen molar-refractivity contribution in [2.45, 2.75) is 64.7 Å². The smallest absolute Gasteiger partial charge is 0.163 e. The van der Waals surface area contributed by atoms with Gasteiger partial charge >= 0.3 is 0 Å². The van der Waals surface area contributed by atoms with E-state index in [2.05, 4.69) is 75.9 Å². The van der Waals surface area contributed by atoms with E-state index in [0.717, 1.165) is 29.4 Å². The summed E-state index contributed by atoms with van der Waals surface area (Å²) >= 11 is 0. The molecule has 1 nitrogen and oxygen atoms in total. The molecule has 2 atom stereocenters. The van der Waals surface area contributed by atoms with E-state index in [1.54, 1.807) is 6.08 Å². The molecule has 0 bridgehead atoms. The average Bonchev–Trinajstić information content (AvgIpc) is 2.85. The molecule has 2 aromatic rings. The van der Waals surface area contributed by atoms with Crippen LogP contribution in [0.2, 0.25) is 0 Å². The summed E-state index contributed by atoms with van der Waals surface area (Å²) in [5.74, 6) is 1.67. The zero-order valence-electron chi connectivity index (χ0n) is 21.0. The molecule has 0 N–H and O–H groups in total. The van der Waals surface area contributed by atoms with Crippen molar-refractivity contribution in [3.8, 4) is 0 Å². The Bertz CT molecular complexity index is 1090. The number of allylic oxidation sites excluding steroid dienone is 7. The molecule has 0 aromatic heterocycles. The van der Waals surface area contributed by atoms with Crippen molar-refractivity contribution < 1.29 is 4.79 Å². The van der Waals surface area contributed by atoms with E-state index in [-0.39, 0.29) is 17.6 Å². The minimum Gasteiger partial charge on any atom is -0.294 e. The Morgan fingerprint density at radius 2 is 1.68 bits per heavy atom. The summed E-state index contributed by atoms with van der Waals surface area (Å²) in [7, 11) is 0. The first kappa shape index (κ1) is 24.2. The lowest BCUT2D eigenvalue weighted by Crippen LogP contribution is -2.24. The van der Waals surface area contributed by atoms with Gasteiger partial charge in [0.15, 0.2) is 5.78 Å². The van der Waals surface area contributed by atoms with Crippen LogP contribution in [0, 0.1) is 11.8 Å². The number of hydrogen-bond donors (Lipinski definition) is 0. The molecule has 0 heterocycles. The molecule has 1 heteroatoms. The Kier molecular flexibility index (Phi) is 7.83. The molecule has 176 valence electrons. The highest BCUT2D eigenvalue weighted by atomic mass is 16.1. The maximum absolute atomic E-state index is 12.7. The van der Waals surface area contributed by atoms with Crippen molar-refractivity contribution in [2.24, 2.45) is 11.8 Å². The predicted molar refractivity (Wildman–Crippen MR) is 144 cm³/mol. The Labute approximate surface area is 206 Å². The molecule has 1 fully saturated rings. The summed E-state index contributed by atoms with van der Waals surface area (Å²) in [5.41, 5.74) is 7.30. The van der Waals surface area contributed by atoms with E-state index in [1.165, 1.54) is 47.9 Å². The Balaban J connectivity index is 1.42. The topological polar surface area (TPSA) is 17.1 Å². The molecule has 2 aliphatic carbocycles. The maximum atomic E-state index is 12.7. The molecule has 2 aromatic carbocycles. The first-order valence-electron chi connectivity index (χ1n) is 12.8. The van der Waals surface area contributed by atoms with Crippen LogP contribution in [0.3, 0.4) is 0 Å².